The lowest BCUT2D eigenvalue weighted by Crippen LogP contribution is -2.36. The van der Waals surface area contributed by atoms with Gasteiger partial charge >= 0.3 is 5.97 Å². The van der Waals surface area contributed by atoms with Crippen LogP contribution in [0.1, 0.15) is 15.2 Å². The van der Waals surface area contributed by atoms with Crippen LogP contribution in [0, 0.1) is 11.3 Å². The van der Waals surface area contributed by atoms with Gasteiger partial charge in [0.2, 0.25) is 0 Å². The van der Waals surface area contributed by atoms with Gasteiger partial charge in [0.05, 0.1) is 23.0 Å². The molecule has 1 aromatic carbocycles. The molecule has 24 heavy (non-hydrogen) atoms. The van der Waals surface area contributed by atoms with Gasteiger partial charge in [0.15, 0.2) is 0 Å². The van der Waals surface area contributed by atoms with E-state index in [4.69, 9.17) is 4.74 Å². The molecule has 0 atom stereocenters. The molecule has 3 rings (SSSR count). The monoisotopic (exact) mass is 360 g/mol. The van der Waals surface area contributed by atoms with E-state index in [1.165, 1.54) is 11.8 Å². The fourth-order valence-corrected chi connectivity index (χ4v) is 4.52. The van der Waals surface area contributed by atoms with Crippen LogP contribution in [0.25, 0.3) is 11.1 Å². The third-order valence-corrected chi connectivity index (χ3v) is 6.20. The smallest absolute Gasteiger partial charge is 0.346 e. The van der Waals surface area contributed by atoms with Crippen molar-refractivity contribution in [3.05, 3.63) is 34.7 Å². The first-order valence-corrected chi connectivity index (χ1v) is 9.47. The van der Waals surface area contributed by atoms with E-state index in [1.807, 2.05) is 30.5 Å². The van der Waals surface area contributed by atoms with Gasteiger partial charge in [-0.2, -0.15) is 5.26 Å². The SMILES string of the molecule is CSc1sc(C(=O)O)c(-c2ccc(N3CCOCC3)cc2)c1C#N. The Labute approximate surface area is 148 Å². The maximum absolute atomic E-state index is 11.6. The van der Waals surface area contributed by atoms with Gasteiger partial charge in [-0.1, -0.05) is 12.1 Å². The predicted molar refractivity (Wildman–Crippen MR) is 96.2 cm³/mol. The number of nitrogens with zero attached hydrogens (tertiary/aromatic N) is 2. The molecule has 1 aliphatic heterocycles. The summed E-state index contributed by atoms with van der Waals surface area (Å²) in [6.45, 7) is 3.12. The minimum Gasteiger partial charge on any atom is -0.477 e. The second-order valence-corrected chi connectivity index (χ2v) is 7.33. The predicted octanol–water partition coefficient (Wildman–Crippen LogP) is 3.54. The molecule has 0 aliphatic carbocycles. The first-order valence-electron chi connectivity index (χ1n) is 7.43. The van der Waals surface area contributed by atoms with Crippen molar-refractivity contribution in [2.24, 2.45) is 0 Å². The van der Waals surface area contributed by atoms with Crippen LogP contribution < -0.4 is 4.90 Å². The van der Waals surface area contributed by atoms with Crippen LogP contribution in [-0.4, -0.2) is 43.6 Å². The number of benzene rings is 1. The zero-order chi connectivity index (χ0) is 17.1. The highest BCUT2D eigenvalue weighted by Crippen LogP contribution is 2.41. The molecule has 0 amide bonds. The Bertz CT molecular complexity index is 787. The van der Waals surface area contributed by atoms with Crippen molar-refractivity contribution >= 4 is 34.8 Å². The van der Waals surface area contributed by atoms with E-state index in [-0.39, 0.29) is 4.88 Å². The zero-order valence-corrected chi connectivity index (χ0v) is 14.7. The number of hydrogen-bond acceptors (Lipinski definition) is 6. The van der Waals surface area contributed by atoms with Crippen molar-refractivity contribution in [1.82, 2.24) is 0 Å². The summed E-state index contributed by atoms with van der Waals surface area (Å²) in [4.78, 5) is 14.0. The average molecular weight is 360 g/mol. The summed E-state index contributed by atoms with van der Waals surface area (Å²) < 4.78 is 6.10. The Balaban J connectivity index is 2.01. The molecule has 2 heterocycles. The van der Waals surface area contributed by atoms with E-state index in [1.54, 1.807) is 0 Å². The molecule has 0 unspecified atom stereocenters. The number of carboxylic acids is 1. The minimum absolute atomic E-state index is 0.218. The van der Waals surface area contributed by atoms with Crippen LogP contribution >= 0.6 is 23.1 Å². The molecule has 1 aliphatic rings. The normalized spacial score (nSPS) is 14.4. The maximum atomic E-state index is 11.6. The molecular formula is C17H16N2O3S2. The molecule has 1 fully saturated rings. The summed E-state index contributed by atoms with van der Waals surface area (Å²) in [5.41, 5.74) is 2.81. The summed E-state index contributed by atoms with van der Waals surface area (Å²) in [6.07, 6.45) is 1.85. The Morgan fingerprint density at radius 2 is 2.00 bits per heavy atom. The second kappa shape index (κ2) is 7.26. The van der Waals surface area contributed by atoms with Crippen LogP contribution in [0.3, 0.4) is 0 Å². The Kier molecular flexibility index (Phi) is 5.09. The van der Waals surface area contributed by atoms with Crippen molar-refractivity contribution in [3.8, 4) is 17.2 Å². The third kappa shape index (κ3) is 3.13. The fraction of sp³-hybridized carbons (Fsp3) is 0.294. The molecule has 0 saturated carbocycles. The highest BCUT2D eigenvalue weighted by atomic mass is 32.2. The number of rotatable bonds is 4. The highest BCUT2D eigenvalue weighted by molar-refractivity contribution is 8.00. The molecule has 1 saturated heterocycles. The van der Waals surface area contributed by atoms with Gasteiger partial charge in [-0.25, -0.2) is 4.79 Å². The summed E-state index contributed by atoms with van der Waals surface area (Å²) in [5.74, 6) is -0.996. The van der Waals surface area contributed by atoms with Crippen LogP contribution in [0.2, 0.25) is 0 Å². The molecule has 0 radical (unpaired) electrons. The lowest BCUT2D eigenvalue weighted by Gasteiger charge is -2.28. The van der Waals surface area contributed by atoms with Gasteiger partial charge in [-0.15, -0.1) is 23.1 Å². The van der Waals surface area contributed by atoms with Crippen LogP contribution in [0.4, 0.5) is 5.69 Å². The first-order chi connectivity index (χ1) is 11.7. The molecule has 1 aromatic heterocycles. The van der Waals surface area contributed by atoms with Gasteiger partial charge in [-0.3, -0.25) is 0 Å². The summed E-state index contributed by atoms with van der Waals surface area (Å²) in [7, 11) is 0. The number of morpholine rings is 1. The highest BCUT2D eigenvalue weighted by Gasteiger charge is 2.23. The van der Waals surface area contributed by atoms with E-state index in [0.29, 0.717) is 24.3 Å². The van der Waals surface area contributed by atoms with Gasteiger partial charge in [0.1, 0.15) is 10.9 Å². The number of thioether (sulfide) groups is 1. The Hall–Kier alpha value is -2.01. The summed E-state index contributed by atoms with van der Waals surface area (Å²) in [5, 5.41) is 19.0. The third-order valence-electron chi connectivity index (χ3n) is 3.90. The van der Waals surface area contributed by atoms with Crippen LogP contribution in [0.5, 0.6) is 0 Å². The lowest BCUT2D eigenvalue weighted by molar-refractivity contribution is 0.0703. The summed E-state index contributed by atoms with van der Waals surface area (Å²) in [6, 6.07) is 9.90. The van der Waals surface area contributed by atoms with Crippen molar-refractivity contribution in [2.45, 2.75) is 4.21 Å². The van der Waals surface area contributed by atoms with Gasteiger partial charge in [0.25, 0.3) is 0 Å². The number of carboxylic acid groups (broad SMARTS) is 1. The topological polar surface area (TPSA) is 73.6 Å². The molecule has 1 N–H and O–H groups in total. The summed E-state index contributed by atoms with van der Waals surface area (Å²) >= 11 is 2.56. The zero-order valence-electron chi connectivity index (χ0n) is 13.1. The minimum atomic E-state index is -0.996. The van der Waals surface area contributed by atoms with Crippen molar-refractivity contribution in [1.29, 1.82) is 5.26 Å². The first kappa shape index (κ1) is 16.8. The molecular weight excluding hydrogens is 344 g/mol. The second-order valence-electron chi connectivity index (χ2n) is 5.24. The van der Waals surface area contributed by atoms with Crippen molar-refractivity contribution < 1.29 is 14.6 Å². The van der Waals surface area contributed by atoms with E-state index in [0.717, 1.165) is 39.9 Å². The molecule has 0 spiro atoms. The van der Waals surface area contributed by atoms with E-state index in [2.05, 4.69) is 11.0 Å². The quantitative estimate of drug-likeness (QED) is 0.841. The standard InChI is InChI=1S/C17H16N2O3S2/c1-23-17-13(10-18)14(15(24-17)16(20)21)11-2-4-12(5-3-11)19-6-8-22-9-7-19/h2-5H,6-9H2,1H3,(H,20,21). The van der Waals surface area contributed by atoms with E-state index < -0.39 is 5.97 Å². The van der Waals surface area contributed by atoms with E-state index >= 15 is 0 Å². The number of nitriles is 1. The molecule has 124 valence electrons. The largest absolute Gasteiger partial charge is 0.477 e. The molecule has 2 aromatic rings. The van der Waals surface area contributed by atoms with E-state index in [9.17, 15) is 15.2 Å². The Morgan fingerprint density at radius 1 is 1.33 bits per heavy atom. The average Bonchev–Trinajstić information content (AvgIpc) is 3.01. The van der Waals surface area contributed by atoms with Gasteiger partial charge in [0, 0.05) is 24.3 Å². The number of anilines is 1. The number of aromatic carboxylic acids is 1. The lowest BCUT2D eigenvalue weighted by atomic mass is 10.0. The maximum Gasteiger partial charge on any atom is 0.346 e. The van der Waals surface area contributed by atoms with Crippen molar-refractivity contribution in [2.75, 3.05) is 37.5 Å². The van der Waals surface area contributed by atoms with Gasteiger partial charge in [-0.05, 0) is 24.0 Å². The van der Waals surface area contributed by atoms with Crippen LogP contribution in [-0.2, 0) is 4.74 Å². The number of hydrogen-bond donors (Lipinski definition) is 1. The molecule has 7 heteroatoms. The number of thiophene rings is 1. The Morgan fingerprint density at radius 3 is 2.54 bits per heavy atom. The number of ether oxygens (including phenoxy) is 1. The molecule has 5 nitrogen and oxygen atoms in total. The van der Waals surface area contributed by atoms with Crippen molar-refractivity contribution in [3.63, 3.8) is 0 Å². The molecule has 0 bridgehead atoms. The number of carbonyl (C=O) groups is 1. The van der Waals surface area contributed by atoms with Crippen LogP contribution in [0.15, 0.2) is 28.5 Å². The van der Waals surface area contributed by atoms with Gasteiger partial charge < -0.3 is 14.7 Å². The fourth-order valence-electron chi connectivity index (χ4n) is 2.74.